The molecule has 0 amide bonds. The SMILES string of the molecule is CCOC(=O)C1CNCC1c1cncc2ccccc12. The number of carbonyl (C=O) groups excluding carboxylic acids is 1. The highest BCUT2D eigenvalue weighted by Gasteiger charge is 2.35. The number of ether oxygens (including phenoxy) is 1. The van der Waals surface area contributed by atoms with Crippen molar-refractivity contribution in [3.63, 3.8) is 0 Å². The molecule has 0 aliphatic carbocycles. The summed E-state index contributed by atoms with van der Waals surface area (Å²) in [5.41, 5.74) is 1.13. The van der Waals surface area contributed by atoms with E-state index < -0.39 is 0 Å². The molecule has 2 atom stereocenters. The van der Waals surface area contributed by atoms with E-state index in [0.717, 1.165) is 17.5 Å². The summed E-state index contributed by atoms with van der Waals surface area (Å²) in [6, 6.07) is 8.16. The Morgan fingerprint density at radius 2 is 2.20 bits per heavy atom. The van der Waals surface area contributed by atoms with Gasteiger partial charge in [0.05, 0.1) is 12.5 Å². The first kappa shape index (κ1) is 13.1. The van der Waals surface area contributed by atoms with Crippen LogP contribution >= 0.6 is 0 Å². The molecule has 4 heteroatoms. The van der Waals surface area contributed by atoms with Gasteiger partial charge in [-0.2, -0.15) is 0 Å². The van der Waals surface area contributed by atoms with Crippen molar-refractivity contribution in [2.45, 2.75) is 12.8 Å². The molecule has 1 aliphatic heterocycles. The van der Waals surface area contributed by atoms with E-state index in [9.17, 15) is 4.79 Å². The van der Waals surface area contributed by atoms with Gasteiger partial charge in [0, 0.05) is 36.8 Å². The van der Waals surface area contributed by atoms with E-state index >= 15 is 0 Å². The molecule has 1 aromatic carbocycles. The van der Waals surface area contributed by atoms with Crippen molar-refractivity contribution < 1.29 is 9.53 Å². The van der Waals surface area contributed by atoms with Crippen LogP contribution in [0.5, 0.6) is 0 Å². The highest BCUT2D eigenvalue weighted by Crippen LogP contribution is 2.33. The van der Waals surface area contributed by atoms with Crippen molar-refractivity contribution in [3.05, 3.63) is 42.2 Å². The van der Waals surface area contributed by atoms with Gasteiger partial charge in [-0.3, -0.25) is 9.78 Å². The lowest BCUT2D eigenvalue weighted by Gasteiger charge is -2.18. The molecule has 1 N–H and O–H groups in total. The minimum absolute atomic E-state index is 0.115. The molecule has 1 aliphatic rings. The monoisotopic (exact) mass is 270 g/mol. The zero-order valence-corrected chi connectivity index (χ0v) is 11.5. The quantitative estimate of drug-likeness (QED) is 0.868. The number of benzene rings is 1. The lowest BCUT2D eigenvalue weighted by Crippen LogP contribution is -2.24. The molecule has 1 aromatic heterocycles. The van der Waals surface area contributed by atoms with Crippen LogP contribution in [0.2, 0.25) is 0 Å². The first-order chi connectivity index (χ1) is 9.81. The van der Waals surface area contributed by atoms with Gasteiger partial charge in [0.25, 0.3) is 0 Å². The van der Waals surface area contributed by atoms with Crippen LogP contribution in [0.15, 0.2) is 36.7 Å². The summed E-state index contributed by atoms with van der Waals surface area (Å²) in [7, 11) is 0. The smallest absolute Gasteiger partial charge is 0.310 e. The molecular weight excluding hydrogens is 252 g/mol. The number of nitrogens with zero attached hydrogens (tertiary/aromatic N) is 1. The van der Waals surface area contributed by atoms with Gasteiger partial charge in [-0.05, 0) is 17.9 Å². The van der Waals surface area contributed by atoms with Crippen LogP contribution < -0.4 is 5.32 Å². The number of aromatic nitrogens is 1. The molecule has 1 fully saturated rings. The van der Waals surface area contributed by atoms with Crippen molar-refractivity contribution in [1.82, 2.24) is 10.3 Å². The van der Waals surface area contributed by atoms with E-state index in [-0.39, 0.29) is 17.8 Å². The number of carbonyl (C=O) groups is 1. The Kier molecular flexibility index (Phi) is 3.65. The van der Waals surface area contributed by atoms with Crippen LogP contribution in [0.25, 0.3) is 10.8 Å². The van der Waals surface area contributed by atoms with E-state index in [2.05, 4.69) is 16.4 Å². The first-order valence-corrected chi connectivity index (χ1v) is 7.01. The van der Waals surface area contributed by atoms with Crippen molar-refractivity contribution in [1.29, 1.82) is 0 Å². The van der Waals surface area contributed by atoms with Crippen LogP contribution in [0, 0.1) is 5.92 Å². The summed E-state index contributed by atoms with van der Waals surface area (Å²) in [6.07, 6.45) is 3.74. The van der Waals surface area contributed by atoms with E-state index in [1.807, 2.05) is 37.5 Å². The lowest BCUT2D eigenvalue weighted by atomic mass is 9.87. The third-order valence-electron chi connectivity index (χ3n) is 3.90. The Morgan fingerprint density at radius 3 is 3.05 bits per heavy atom. The first-order valence-electron chi connectivity index (χ1n) is 7.01. The zero-order valence-electron chi connectivity index (χ0n) is 11.5. The van der Waals surface area contributed by atoms with Crippen molar-refractivity contribution >= 4 is 16.7 Å². The normalized spacial score (nSPS) is 22.1. The van der Waals surface area contributed by atoms with Gasteiger partial charge >= 0.3 is 5.97 Å². The summed E-state index contributed by atoms with van der Waals surface area (Å²) >= 11 is 0. The Hall–Kier alpha value is -1.94. The van der Waals surface area contributed by atoms with Crippen LogP contribution in [0.3, 0.4) is 0 Å². The molecule has 0 bridgehead atoms. The molecule has 0 spiro atoms. The van der Waals surface area contributed by atoms with Gasteiger partial charge in [-0.1, -0.05) is 24.3 Å². The van der Waals surface area contributed by atoms with Gasteiger partial charge < -0.3 is 10.1 Å². The van der Waals surface area contributed by atoms with Crippen molar-refractivity contribution in [2.24, 2.45) is 5.92 Å². The zero-order chi connectivity index (χ0) is 13.9. The fourth-order valence-electron chi connectivity index (χ4n) is 2.94. The third-order valence-corrected chi connectivity index (χ3v) is 3.90. The average Bonchev–Trinajstić information content (AvgIpc) is 2.96. The predicted molar refractivity (Wildman–Crippen MR) is 77.5 cm³/mol. The maximum atomic E-state index is 12.1. The van der Waals surface area contributed by atoms with Gasteiger partial charge in [-0.15, -0.1) is 0 Å². The third kappa shape index (κ3) is 2.27. The van der Waals surface area contributed by atoms with Gasteiger partial charge in [0.2, 0.25) is 0 Å². The Bertz CT molecular complexity index is 621. The minimum Gasteiger partial charge on any atom is -0.466 e. The number of pyridine rings is 1. The molecule has 4 nitrogen and oxygen atoms in total. The molecule has 2 aromatic rings. The topological polar surface area (TPSA) is 51.2 Å². The molecule has 104 valence electrons. The summed E-state index contributed by atoms with van der Waals surface area (Å²) in [4.78, 5) is 16.4. The van der Waals surface area contributed by atoms with Crippen LogP contribution in [0.1, 0.15) is 18.4 Å². The second-order valence-corrected chi connectivity index (χ2v) is 5.07. The average molecular weight is 270 g/mol. The summed E-state index contributed by atoms with van der Waals surface area (Å²) < 4.78 is 5.19. The van der Waals surface area contributed by atoms with Gasteiger partial charge in [0.1, 0.15) is 0 Å². The second-order valence-electron chi connectivity index (χ2n) is 5.07. The molecule has 2 heterocycles. The fraction of sp³-hybridized carbons (Fsp3) is 0.375. The molecule has 2 unspecified atom stereocenters. The van der Waals surface area contributed by atoms with Crippen LogP contribution in [-0.4, -0.2) is 30.6 Å². The number of nitrogens with one attached hydrogen (secondary N) is 1. The maximum Gasteiger partial charge on any atom is 0.310 e. The lowest BCUT2D eigenvalue weighted by molar-refractivity contribution is -0.147. The maximum absolute atomic E-state index is 12.1. The van der Waals surface area contributed by atoms with Crippen molar-refractivity contribution in [3.8, 4) is 0 Å². The molecule has 20 heavy (non-hydrogen) atoms. The summed E-state index contributed by atoms with van der Waals surface area (Å²) in [5, 5.41) is 5.58. The van der Waals surface area contributed by atoms with Gasteiger partial charge in [0.15, 0.2) is 0 Å². The van der Waals surface area contributed by atoms with Crippen LogP contribution in [-0.2, 0) is 9.53 Å². The van der Waals surface area contributed by atoms with E-state index in [4.69, 9.17) is 4.74 Å². The Morgan fingerprint density at radius 1 is 1.35 bits per heavy atom. The molecule has 1 saturated heterocycles. The standard InChI is InChI=1S/C16H18N2O2/c1-2-20-16(19)15-10-18-9-14(15)13-8-17-7-11-5-3-4-6-12(11)13/h3-8,14-15,18H,2,9-10H2,1H3. The van der Waals surface area contributed by atoms with E-state index in [1.165, 1.54) is 5.39 Å². The second kappa shape index (κ2) is 5.59. The molecule has 0 radical (unpaired) electrons. The summed E-state index contributed by atoms with van der Waals surface area (Å²) in [6.45, 7) is 3.73. The molecular formula is C16H18N2O2. The molecule has 0 saturated carbocycles. The number of hydrogen-bond donors (Lipinski definition) is 1. The van der Waals surface area contributed by atoms with E-state index in [1.54, 1.807) is 0 Å². The summed E-state index contributed by atoms with van der Waals surface area (Å²) in [5.74, 6) is -0.106. The predicted octanol–water partition coefficient (Wildman–Crippen LogP) is 2.10. The Balaban J connectivity index is 1.99. The minimum atomic E-state index is -0.123. The Labute approximate surface area is 118 Å². The number of fused-ring (bicyclic) bond motifs is 1. The fourth-order valence-corrected chi connectivity index (χ4v) is 2.94. The van der Waals surface area contributed by atoms with Crippen LogP contribution in [0.4, 0.5) is 0 Å². The number of rotatable bonds is 3. The highest BCUT2D eigenvalue weighted by atomic mass is 16.5. The highest BCUT2D eigenvalue weighted by molar-refractivity contribution is 5.86. The largest absolute Gasteiger partial charge is 0.466 e. The number of esters is 1. The number of hydrogen-bond acceptors (Lipinski definition) is 4. The van der Waals surface area contributed by atoms with E-state index in [0.29, 0.717) is 13.2 Å². The van der Waals surface area contributed by atoms with Gasteiger partial charge in [-0.25, -0.2) is 0 Å². The molecule has 3 rings (SSSR count). The van der Waals surface area contributed by atoms with Crippen molar-refractivity contribution in [2.75, 3.05) is 19.7 Å².